The van der Waals surface area contributed by atoms with E-state index in [9.17, 15) is 22.4 Å². The summed E-state index contributed by atoms with van der Waals surface area (Å²) in [7, 11) is 0. The van der Waals surface area contributed by atoms with E-state index in [1.165, 1.54) is 13.0 Å². The summed E-state index contributed by atoms with van der Waals surface area (Å²) in [5.74, 6) is -2.84. The number of halogens is 4. The van der Waals surface area contributed by atoms with E-state index in [1.54, 1.807) is 0 Å². The van der Waals surface area contributed by atoms with Gasteiger partial charge in [-0.1, -0.05) is 0 Å². The van der Waals surface area contributed by atoms with E-state index < -0.39 is 35.0 Å². The van der Waals surface area contributed by atoms with Crippen LogP contribution in [0.5, 0.6) is 0 Å². The predicted octanol–water partition coefficient (Wildman–Crippen LogP) is 2.60. The molecule has 0 fully saturated rings. The Morgan fingerprint density at radius 1 is 1.43 bits per heavy atom. The van der Waals surface area contributed by atoms with E-state index in [1.807, 2.05) is 0 Å². The number of esters is 1. The maximum Gasteiger partial charge on any atom is 0.434 e. The second kappa shape index (κ2) is 5.51. The first-order valence-corrected chi connectivity index (χ1v) is 5.79. The number of hydrogen-bond acceptors (Lipinski definition) is 4. The highest BCUT2D eigenvalue weighted by molar-refractivity contribution is 5.90. The Kier molecular flexibility index (Phi) is 3.92. The molecule has 0 unspecified atom stereocenters. The maximum atomic E-state index is 13.6. The largest absolute Gasteiger partial charge is 0.462 e. The van der Waals surface area contributed by atoms with Crippen LogP contribution in [0.4, 0.5) is 17.6 Å². The minimum Gasteiger partial charge on any atom is -0.462 e. The summed E-state index contributed by atoms with van der Waals surface area (Å²) in [4.78, 5) is 15.1. The van der Waals surface area contributed by atoms with Crippen LogP contribution in [0, 0.1) is 5.82 Å². The van der Waals surface area contributed by atoms with E-state index in [0.29, 0.717) is 6.20 Å². The number of pyridine rings is 1. The number of nitrogens with zero attached hydrogens (tertiary/aromatic N) is 3. The lowest BCUT2D eigenvalue weighted by atomic mass is 10.2. The smallest absolute Gasteiger partial charge is 0.434 e. The highest BCUT2D eigenvalue weighted by Gasteiger charge is 2.41. The Hall–Kier alpha value is -2.45. The third kappa shape index (κ3) is 2.86. The van der Waals surface area contributed by atoms with Gasteiger partial charge in [0.15, 0.2) is 17.3 Å². The molecule has 2 heterocycles. The van der Waals surface area contributed by atoms with Crippen molar-refractivity contribution in [1.29, 1.82) is 0 Å². The van der Waals surface area contributed by atoms with Gasteiger partial charge < -0.3 is 4.74 Å². The van der Waals surface area contributed by atoms with Gasteiger partial charge in [0.25, 0.3) is 0 Å². The highest BCUT2D eigenvalue weighted by Crippen LogP contribution is 2.34. The lowest BCUT2D eigenvalue weighted by Crippen LogP contribution is -2.19. The lowest BCUT2D eigenvalue weighted by Gasteiger charge is -2.12. The standard InChI is InChI=1S/C12H9F4N3O2/c1-2-21-11(20)7-6-18-19(9(7)12(14,15)16)10-8(13)4-3-5-17-10/h3-6H,2H2,1H3. The van der Waals surface area contributed by atoms with Gasteiger partial charge in [-0.15, -0.1) is 0 Å². The molecule has 0 atom stereocenters. The molecule has 2 aromatic rings. The molecular weight excluding hydrogens is 294 g/mol. The summed E-state index contributed by atoms with van der Waals surface area (Å²) in [6.07, 6.45) is -3.14. The maximum absolute atomic E-state index is 13.6. The predicted molar refractivity (Wildman–Crippen MR) is 62.3 cm³/mol. The quantitative estimate of drug-likeness (QED) is 0.646. The van der Waals surface area contributed by atoms with Crippen LogP contribution in [-0.4, -0.2) is 27.3 Å². The van der Waals surface area contributed by atoms with Crippen molar-refractivity contribution < 1.29 is 27.1 Å². The molecule has 21 heavy (non-hydrogen) atoms. The van der Waals surface area contributed by atoms with Crippen molar-refractivity contribution >= 4 is 5.97 Å². The molecule has 0 radical (unpaired) electrons. The van der Waals surface area contributed by atoms with E-state index in [2.05, 4.69) is 14.8 Å². The number of alkyl halides is 3. The molecule has 0 N–H and O–H groups in total. The fraction of sp³-hybridized carbons (Fsp3) is 0.250. The van der Waals surface area contributed by atoms with Crippen LogP contribution in [0.2, 0.25) is 0 Å². The van der Waals surface area contributed by atoms with Crippen molar-refractivity contribution in [1.82, 2.24) is 14.8 Å². The summed E-state index contributed by atoms with van der Waals surface area (Å²) < 4.78 is 57.8. The SMILES string of the molecule is CCOC(=O)c1cnn(-c2ncccc2F)c1C(F)(F)F. The summed E-state index contributed by atoms with van der Waals surface area (Å²) in [6, 6.07) is 2.16. The molecule has 0 aliphatic heterocycles. The summed E-state index contributed by atoms with van der Waals surface area (Å²) in [6.45, 7) is 1.35. The van der Waals surface area contributed by atoms with Gasteiger partial charge in [0.05, 0.1) is 12.8 Å². The van der Waals surface area contributed by atoms with E-state index in [4.69, 9.17) is 0 Å². The van der Waals surface area contributed by atoms with Gasteiger partial charge >= 0.3 is 12.1 Å². The third-order valence-corrected chi connectivity index (χ3v) is 2.47. The molecule has 2 aromatic heterocycles. The van der Waals surface area contributed by atoms with Crippen molar-refractivity contribution in [3.63, 3.8) is 0 Å². The minimum atomic E-state index is -4.93. The topological polar surface area (TPSA) is 57.0 Å². The number of carbonyl (C=O) groups is 1. The summed E-state index contributed by atoms with van der Waals surface area (Å²) in [5, 5.41) is 3.41. The average Bonchev–Trinajstić information content (AvgIpc) is 2.84. The van der Waals surface area contributed by atoms with Crippen molar-refractivity contribution in [3.05, 3.63) is 41.6 Å². The molecule has 5 nitrogen and oxygen atoms in total. The van der Waals surface area contributed by atoms with E-state index in [-0.39, 0.29) is 11.3 Å². The first-order chi connectivity index (χ1) is 9.86. The molecule has 0 bridgehead atoms. The zero-order valence-electron chi connectivity index (χ0n) is 10.7. The minimum absolute atomic E-state index is 0.0980. The molecule has 112 valence electrons. The monoisotopic (exact) mass is 303 g/mol. The molecule has 0 saturated carbocycles. The van der Waals surface area contributed by atoms with Gasteiger partial charge in [-0.05, 0) is 19.1 Å². The Bertz CT molecular complexity index is 667. The number of ether oxygens (including phenoxy) is 1. The van der Waals surface area contributed by atoms with Gasteiger partial charge in [-0.2, -0.15) is 18.3 Å². The van der Waals surface area contributed by atoms with Crippen molar-refractivity contribution in [3.8, 4) is 5.82 Å². The van der Waals surface area contributed by atoms with E-state index in [0.717, 1.165) is 12.3 Å². The first kappa shape index (κ1) is 14.9. The molecule has 2 rings (SSSR count). The van der Waals surface area contributed by atoms with Crippen molar-refractivity contribution in [2.75, 3.05) is 6.61 Å². The van der Waals surface area contributed by atoms with Crippen molar-refractivity contribution in [2.45, 2.75) is 13.1 Å². The van der Waals surface area contributed by atoms with Gasteiger partial charge in [-0.3, -0.25) is 0 Å². The van der Waals surface area contributed by atoms with Crippen LogP contribution >= 0.6 is 0 Å². The number of carbonyl (C=O) groups excluding carboxylic acids is 1. The number of rotatable bonds is 3. The molecular formula is C12H9F4N3O2. The van der Waals surface area contributed by atoms with E-state index >= 15 is 0 Å². The van der Waals surface area contributed by atoms with Crippen LogP contribution < -0.4 is 0 Å². The number of aromatic nitrogens is 3. The first-order valence-electron chi connectivity index (χ1n) is 5.79. The van der Waals surface area contributed by atoms with Crippen molar-refractivity contribution in [2.24, 2.45) is 0 Å². The normalized spacial score (nSPS) is 11.5. The van der Waals surface area contributed by atoms with Gasteiger partial charge in [0, 0.05) is 6.20 Å². The molecule has 0 saturated heterocycles. The summed E-state index contributed by atoms with van der Waals surface area (Å²) in [5.41, 5.74) is -2.23. The van der Waals surface area contributed by atoms with Gasteiger partial charge in [-0.25, -0.2) is 18.9 Å². The second-order valence-corrected chi connectivity index (χ2v) is 3.85. The third-order valence-electron chi connectivity index (χ3n) is 2.47. The van der Waals surface area contributed by atoms with Crippen LogP contribution in [-0.2, 0) is 10.9 Å². The highest BCUT2D eigenvalue weighted by atomic mass is 19.4. The Morgan fingerprint density at radius 2 is 2.14 bits per heavy atom. The summed E-state index contributed by atoms with van der Waals surface area (Å²) >= 11 is 0. The van der Waals surface area contributed by atoms with Crippen LogP contribution in [0.15, 0.2) is 24.5 Å². The molecule has 0 aliphatic carbocycles. The Morgan fingerprint density at radius 3 is 2.71 bits per heavy atom. The lowest BCUT2D eigenvalue weighted by molar-refractivity contribution is -0.143. The molecule has 9 heteroatoms. The number of hydrogen-bond donors (Lipinski definition) is 0. The Labute approximate surface area is 116 Å². The zero-order valence-corrected chi connectivity index (χ0v) is 10.7. The molecule has 0 aromatic carbocycles. The second-order valence-electron chi connectivity index (χ2n) is 3.85. The zero-order chi connectivity index (χ0) is 15.6. The molecule has 0 amide bonds. The fourth-order valence-corrected chi connectivity index (χ4v) is 1.67. The van der Waals surface area contributed by atoms with Gasteiger partial charge in [0.1, 0.15) is 5.56 Å². The molecule has 0 spiro atoms. The van der Waals surface area contributed by atoms with Crippen LogP contribution in [0.1, 0.15) is 23.0 Å². The van der Waals surface area contributed by atoms with Gasteiger partial charge in [0.2, 0.25) is 0 Å². The molecule has 0 aliphatic rings. The van der Waals surface area contributed by atoms with Crippen LogP contribution in [0.3, 0.4) is 0 Å². The fourth-order valence-electron chi connectivity index (χ4n) is 1.67. The Balaban J connectivity index is 2.64. The van der Waals surface area contributed by atoms with Crippen LogP contribution in [0.25, 0.3) is 5.82 Å². The average molecular weight is 303 g/mol.